The van der Waals surface area contributed by atoms with Crippen LogP contribution in [0.25, 0.3) is 0 Å². The van der Waals surface area contributed by atoms with E-state index in [0.29, 0.717) is 5.69 Å². The molecule has 0 heterocycles. The van der Waals surface area contributed by atoms with Crippen LogP contribution in [0.3, 0.4) is 0 Å². The summed E-state index contributed by atoms with van der Waals surface area (Å²) >= 11 is 0. The molecule has 0 atom stereocenters. The van der Waals surface area contributed by atoms with Gasteiger partial charge in [-0.05, 0) is 36.8 Å². The minimum Gasteiger partial charge on any atom is -0.271 e. The lowest BCUT2D eigenvalue weighted by Gasteiger charge is -2.23. The average Bonchev–Trinajstić information content (AvgIpc) is 2.74. The van der Waals surface area contributed by atoms with E-state index in [1.54, 1.807) is 48.5 Å². The van der Waals surface area contributed by atoms with Crippen molar-refractivity contribution in [3.05, 3.63) is 96.1 Å². The predicted octanol–water partition coefficient (Wildman–Crippen LogP) is 3.34. The first kappa shape index (κ1) is 20.3. The lowest BCUT2D eigenvalue weighted by atomic mass is 10.2. The van der Waals surface area contributed by atoms with E-state index in [-0.39, 0.29) is 4.90 Å². The highest BCUT2D eigenvalue weighted by atomic mass is 32.2. The number of nitrogens with one attached hydrogen (secondary N) is 1. The Balaban J connectivity index is 1.78. The van der Waals surface area contributed by atoms with Crippen LogP contribution in [0.4, 0.5) is 5.69 Å². The number of carbonyl (C=O) groups excluding carboxylic acids is 1. The number of nitrogens with zero attached hydrogens (tertiary/aromatic N) is 2. The Morgan fingerprint density at radius 2 is 1.52 bits per heavy atom. The van der Waals surface area contributed by atoms with Gasteiger partial charge in [0.15, 0.2) is 0 Å². The van der Waals surface area contributed by atoms with Gasteiger partial charge in [-0.2, -0.15) is 5.10 Å². The molecule has 7 heteroatoms. The molecule has 0 bridgehead atoms. The summed E-state index contributed by atoms with van der Waals surface area (Å²) in [7, 11) is -3.91. The number of aryl methyl sites for hydroxylation is 1. The molecule has 1 amide bonds. The third-order valence-corrected chi connectivity index (χ3v) is 5.93. The monoisotopic (exact) mass is 407 g/mol. The summed E-state index contributed by atoms with van der Waals surface area (Å²) in [5.74, 6) is -0.545. The molecule has 0 fully saturated rings. The third kappa shape index (κ3) is 5.30. The van der Waals surface area contributed by atoms with Gasteiger partial charge >= 0.3 is 0 Å². The molecular weight excluding hydrogens is 386 g/mol. The molecule has 0 aliphatic carbocycles. The summed E-state index contributed by atoms with van der Waals surface area (Å²) in [6.07, 6.45) is 1.51. The molecule has 29 heavy (non-hydrogen) atoms. The Hall–Kier alpha value is -3.45. The summed E-state index contributed by atoms with van der Waals surface area (Å²) in [5, 5.41) is 3.93. The molecule has 3 aromatic rings. The van der Waals surface area contributed by atoms with Crippen molar-refractivity contribution in [3.63, 3.8) is 0 Å². The number of anilines is 1. The van der Waals surface area contributed by atoms with Gasteiger partial charge < -0.3 is 0 Å². The van der Waals surface area contributed by atoms with Crippen molar-refractivity contribution < 1.29 is 13.2 Å². The largest absolute Gasteiger partial charge is 0.271 e. The van der Waals surface area contributed by atoms with Crippen molar-refractivity contribution in [3.8, 4) is 0 Å². The van der Waals surface area contributed by atoms with Crippen molar-refractivity contribution in [2.45, 2.75) is 11.8 Å². The van der Waals surface area contributed by atoms with Crippen molar-refractivity contribution in [1.29, 1.82) is 0 Å². The molecule has 0 spiro atoms. The Labute approximate surface area is 170 Å². The maximum Gasteiger partial charge on any atom is 0.264 e. The summed E-state index contributed by atoms with van der Waals surface area (Å²) < 4.78 is 27.3. The fourth-order valence-electron chi connectivity index (χ4n) is 2.63. The van der Waals surface area contributed by atoms with Crippen LogP contribution in [0.2, 0.25) is 0 Å². The lowest BCUT2D eigenvalue weighted by Crippen LogP contribution is -2.39. The Kier molecular flexibility index (Phi) is 6.41. The second-order valence-corrected chi connectivity index (χ2v) is 8.23. The molecule has 148 valence electrons. The van der Waals surface area contributed by atoms with Crippen molar-refractivity contribution >= 4 is 27.8 Å². The van der Waals surface area contributed by atoms with Gasteiger partial charge in [0, 0.05) is 0 Å². The number of sulfonamides is 1. The van der Waals surface area contributed by atoms with Crippen LogP contribution in [0, 0.1) is 6.92 Å². The molecule has 3 rings (SSSR count). The number of hydrazone groups is 1. The molecule has 3 aromatic carbocycles. The highest BCUT2D eigenvalue weighted by molar-refractivity contribution is 7.92. The lowest BCUT2D eigenvalue weighted by molar-refractivity contribution is -0.119. The van der Waals surface area contributed by atoms with Crippen LogP contribution in [-0.2, 0) is 14.8 Å². The second kappa shape index (κ2) is 9.16. The van der Waals surface area contributed by atoms with Gasteiger partial charge in [0.2, 0.25) is 0 Å². The number of carbonyl (C=O) groups is 1. The molecular formula is C22H21N3O3S. The zero-order valence-electron chi connectivity index (χ0n) is 15.9. The summed E-state index contributed by atoms with van der Waals surface area (Å²) in [5.41, 5.74) is 4.74. The van der Waals surface area contributed by atoms with Crippen LogP contribution in [0.5, 0.6) is 0 Å². The minimum atomic E-state index is -3.91. The van der Waals surface area contributed by atoms with Gasteiger partial charge in [0.25, 0.3) is 15.9 Å². The highest BCUT2D eigenvalue weighted by Gasteiger charge is 2.26. The van der Waals surface area contributed by atoms with E-state index in [2.05, 4.69) is 10.5 Å². The van der Waals surface area contributed by atoms with Crippen LogP contribution >= 0.6 is 0 Å². The Morgan fingerprint density at radius 3 is 2.14 bits per heavy atom. The maximum absolute atomic E-state index is 13.1. The van der Waals surface area contributed by atoms with Crippen molar-refractivity contribution in [2.75, 3.05) is 10.8 Å². The summed E-state index contributed by atoms with van der Waals surface area (Å²) in [6.45, 7) is 1.58. The van der Waals surface area contributed by atoms with E-state index in [0.717, 1.165) is 15.4 Å². The molecule has 0 unspecified atom stereocenters. The number of benzene rings is 3. The van der Waals surface area contributed by atoms with Crippen molar-refractivity contribution in [2.24, 2.45) is 5.10 Å². The number of amides is 1. The Morgan fingerprint density at radius 1 is 0.931 bits per heavy atom. The van der Waals surface area contributed by atoms with Crippen LogP contribution in [0.15, 0.2) is 94.9 Å². The van der Waals surface area contributed by atoms with Crippen LogP contribution < -0.4 is 9.73 Å². The first-order valence-electron chi connectivity index (χ1n) is 8.98. The normalized spacial score (nSPS) is 11.3. The minimum absolute atomic E-state index is 0.111. The van der Waals surface area contributed by atoms with E-state index in [4.69, 9.17) is 0 Å². The zero-order chi connectivity index (χ0) is 20.7. The third-order valence-electron chi connectivity index (χ3n) is 4.14. The van der Waals surface area contributed by atoms with Gasteiger partial charge in [0.05, 0.1) is 16.8 Å². The molecule has 0 radical (unpaired) electrons. The highest BCUT2D eigenvalue weighted by Crippen LogP contribution is 2.23. The fourth-order valence-corrected chi connectivity index (χ4v) is 4.07. The van der Waals surface area contributed by atoms with Crippen LogP contribution in [0.1, 0.15) is 11.1 Å². The van der Waals surface area contributed by atoms with E-state index in [9.17, 15) is 13.2 Å². The van der Waals surface area contributed by atoms with Gasteiger partial charge in [0.1, 0.15) is 6.54 Å². The molecule has 0 aliphatic heterocycles. The Bertz CT molecular complexity index is 1080. The van der Waals surface area contributed by atoms with E-state index in [1.165, 1.54) is 18.3 Å². The average molecular weight is 407 g/mol. The second-order valence-electron chi connectivity index (χ2n) is 6.36. The number of hydrogen-bond donors (Lipinski definition) is 1. The smallest absolute Gasteiger partial charge is 0.264 e. The van der Waals surface area contributed by atoms with Crippen molar-refractivity contribution in [1.82, 2.24) is 5.43 Å². The van der Waals surface area contributed by atoms with E-state index >= 15 is 0 Å². The topological polar surface area (TPSA) is 78.8 Å². The number of hydrogen-bond acceptors (Lipinski definition) is 4. The molecule has 0 saturated heterocycles. The van der Waals surface area contributed by atoms with Gasteiger partial charge in [-0.15, -0.1) is 0 Å². The summed E-state index contributed by atoms with van der Waals surface area (Å²) in [4.78, 5) is 12.5. The summed E-state index contributed by atoms with van der Waals surface area (Å²) in [6, 6.07) is 24.1. The van der Waals surface area contributed by atoms with Gasteiger partial charge in [-0.1, -0.05) is 66.2 Å². The SMILES string of the molecule is Cc1ccc(C=NNC(=O)CN(c2ccccc2)S(=O)(=O)c2ccccc2)cc1. The van der Waals surface area contributed by atoms with E-state index in [1.807, 2.05) is 31.2 Å². The predicted molar refractivity (Wildman–Crippen MR) is 114 cm³/mol. The fraction of sp³-hybridized carbons (Fsp3) is 0.0909. The number of para-hydroxylation sites is 1. The van der Waals surface area contributed by atoms with Gasteiger partial charge in [-0.3, -0.25) is 9.10 Å². The first-order valence-corrected chi connectivity index (χ1v) is 10.4. The molecule has 1 N–H and O–H groups in total. The molecule has 0 aliphatic rings. The maximum atomic E-state index is 13.1. The standard InChI is InChI=1S/C22H21N3O3S/c1-18-12-14-19(15-13-18)16-23-24-22(26)17-25(20-8-4-2-5-9-20)29(27,28)21-10-6-3-7-11-21/h2-16H,17H2,1H3,(H,24,26). The number of rotatable bonds is 7. The van der Waals surface area contributed by atoms with Crippen LogP contribution in [-0.4, -0.2) is 27.1 Å². The quantitative estimate of drug-likeness (QED) is 0.482. The van der Waals surface area contributed by atoms with E-state index < -0.39 is 22.5 Å². The molecule has 0 saturated carbocycles. The molecule has 6 nitrogen and oxygen atoms in total. The molecule has 0 aromatic heterocycles. The zero-order valence-corrected chi connectivity index (χ0v) is 16.7. The van der Waals surface area contributed by atoms with Gasteiger partial charge in [-0.25, -0.2) is 13.8 Å². The first-order chi connectivity index (χ1) is 14.0.